The van der Waals surface area contributed by atoms with Crippen molar-refractivity contribution in [2.24, 2.45) is 17.8 Å². The lowest BCUT2D eigenvalue weighted by Gasteiger charge is -2.32. The molecule has 0 aromatic heterocycles. The maximum absolute atomic E-state index is 11.9. The van der Waals surface area contributed by atoms with Crippen LogP contribution in [0, 0.1) is 17.8 Å². The zero-order valence-corrected chi connectivity index (χ0v) is 11.6. The number of urea groups is 1. The fourth-order valence-corrected chi connectivity index (χ4v) is 2.32. The van der Waals surface area contributed by atoms with Gasteiger partial charge in [0.05, 0.1) is 5.92 Å². The number of carboxylic acid groups (broad SMARTS) is 1. The zero-order chi connectivity index (χ0) is 14.4. The van der Waals surface area contributed by atoms with Gasteiger partial charge < -0.3 is 20.4 Å². The van der Waals surface area contributed by atoms with E-state index in [0.717, 1.165) is 12.8 Å². The van der Waals surface area contributed by atoms with Crippen LogP contribution in [0.2, 0.25) is 0 Å². The monoisotopic (exact) mass is 272 g/mol. The van der Waals surface area contributed by atoms with Crippen LogP contribution in [0.1, 0.15) is 26.7 Å². The summed E-state index contributed by atoms with van der Waals surface area (Å²) in [5, 5.41) is 20.9. The minimum Gasteiger partial charge on any atom is -0.481 e. The van der Waals surface area contributed by atoms with E-state index in [2.05, 4.69) is 5.32 Å². The first kappa shape index (κ1) is 15.8. The number of carbonyl (C=O) groups excluding carboxylic acids is 1. The Kier molecular flexibility index (Phi) is 6.08. The second kappa shape index (κ2) is 7.33. The molecule has 1 aliphatic rings. The number of hydrogen-bond acceptors (Lipinski definition) is 3. The molecule has 1 rings (SSSR count). The SMILES string of the molecule is CC(C)C(CNC(=O)N1CCCC(CO)C1)C(=O)O. The molecule has 0 radical (unpaired) electrons. The minimum absolute atomic E-state index is 0.0238. The molecule has 2 atom stereocenters. The fraction of sp³-hybridized carbons (Fsp3) is 0.846. The van der Waals surface area contributed by atoms with Crippen LogP contribution < -0.4 is 5.32 Å². The number of carbonyl (C=O) groups is 2. The molecule has 1 fully saturated rings. The van der Waals surface area contributed by atoms with Crippen molar-refractivity contribution in [2.75, 3.05) is 26.2 Å². The molecule has 3 N–H and O–H groups in total. The third kappa shape index (κ3) is 4.70. The number of nitrogens with one attached hydrogen (secondary N) is 1. The Balaban J connectivity index is 2.43. The van der Waals surface area contributed by atoms with Crippen molar-refractivity contribution in [3.63, 3.8) is 0 Å². The molecule has 0 aromatic carbocycles. The van der Waals surface area contributed by atoms with Gasteiger partial charge in [-0.1, -0.05) is 13.8 Å². The molecule has 0 aromatic rings. The Morgan fingerprint density at radius 3 is 2.63 bits per heavy atom. The van der Waals surface area contributed by atoms with Gasteiger partial charge in [-0.2, -0.15) is 0 Å². The molecular weight excluding hydrogens is 248 g/mol. The molecule has 2 unspecified atom stereocenters. The number of rotatable bonds is 5. The number of likely N-dealkylation sites (tertiary alicyclic amines) is 1. The van der Waals surface area contributed by atoms with Crippen molar-refractivity contribution in [3.8, 4) is 0 Å². The fourth-order valence-electron chi connectivity index (χ4n) is 2.32. The smallest absolute Gasteiger partial charge is 0.317 e. The van der Waals surface area contributed by atoms with Gasteiger partial charge in [0, 0.05) is 26.2 Å². The van der Waals surface area contributed by atoms with E-state index < -0.39 is 11.9 Å². The third-order valence-electron chi connectivity index (χ3n) is 3.66. The van der Waals surface area contributed by atoms with Crippen molar-refractivity contribution in [1.82, 2.24) is 10.2 Å². The van der Waals surface area contributed by atoms with Crippen molar-refractivity contribution in [3.05, 3.63) is 0 Å². The van der Waals surface area contributed by atoms with Crippen LogP contribution in [0.4, 0.5) is 4.79 Å². The number of aliphatic hydroxyl groups excluding tert-OH is 1. The highest BCUT2D eigenvalue weighted by Crippen LogP contribution is 2.16. The summed E-state index contributed by atoms with van der Waals surface area (Å²) in [5.74, 6) is -1.34. The summed E-state index contributed by atoms with van der Waals surface area (Å²) in [4.78, 5) is 24.6. The largest absolute Gasteiger partial charge is 0.481 e. The summed E-state index contributed by atoms with van der Waals surface area (Å²) in [5.41, 5.74) is 0. The maximum Gasteiger partial charge on any atom is 0.317 e. The number of amides is 2. The van der Waals surface area contributed by atoms with Crippen molar-refractivity contribution in [1.29, 1.82) is 0 Å². The summed E-state index contributed by atoms with van der Waals surface area (Å²) in [6.45, 7) is 5.10. The van der Waals surface area contributed by atoms with E-state index in [9.17, 15) is 9.59 Å². The lowest BCUT2D eigenvalue weighted by Crippen LogP contribution is -2.48. The normalized spacial score (nSPS) is 21.3. The molecule has 1 saturated heterocycles. The van der Waals surface area contributed by atoms with Crippen LogP contribution in [0.25, 0.3) is 0 Å². The molecule has 0 aliphatic carbocycles. The predicted octanol–water partition coefficient (Wildman–Crippen LogP) is 0.757. The highest BCUT2D eigenvalue weighted by atomic mass is 16.4. The third-order valence-corrected chi connectivity index (χ3v) is 3.66. The van der Waals surface area contributed by atoms with Crippen molar-refractivity contribution < 1.29 is 19.8 Å². The Hall–Kier alpha value is -1.30. The van der Waals surface area contributed by atoms with Crippen molar-refractivity contribution >= 4 is 12.0 Å². The van der Waals surface area contributed by atoms with Crippen LogP contribution in [0.15, 0.2) is 0 Å². The molecule has 1 heterocycles. The Bertz CT molecular complexity index is 320. The van der Waals surface area contributed by atoms with E-state index in [4.69, 9.17) is 10.2 Å². The summed E-state index contributed by atoms with van der Waals surface area (Å²) < 4.78 is 0. The van der Waals surface area contributed by atoms with E-state index in [1.165, 1.54) is 0 Å². The standard InChI is InChI=1S/C13H24N2O4/c1-9(2)11(12(17)18)6-14-13(19)15-5-3-4-10(7-15)8-16/h9-11,16H,3-8H2,1-2H3,(H,14,19)(H,17,18). The number of carboxylic acids is 1. The summed E-state index contributed by atoms with van der Waals surface area (Å²) in [7, 11) is 0. The van der Waals surface area contributed by atoms with Gasteiger partial charge in [0.15, 0.2) is 0 Å². The number of nitrogens with zero attached hydrogens (tertiary/aromatic N) is 1. The van der Waals surface area contributed by atoms with E-state index in [0.29, 0.717) is 13.1 Å². The molecule has 6 nitrogen and oxygen atoms in total. The van der Waals surface area contributed by atoms with E-state index in [1.807, 2.05) is 13.8 Å². The number of piperidine rings is 1. The second-order valence-corrected chi connectivity index (χ2v) is 5.51. The van der Waals surface area contributed by atoms with Gasteiger partial charge in [0.25, 0.3) is 0 Å². The Morgan fingerprint density at radius 2 is 2.11 bits per heavy atom. The quantitative estimate of drug-likeness (QED) is 0.689. The summed E-state index contributed by atoms with van der Waals surface area (Å²) >= 11 is 0. The second-order valence-electron chi connectivity index (χ2n) is 5.51. The van der Waals surface area contributed by atoms with Gasteiger partial charge >= 0.3 is 12.0 Å². The molecule has 2 amide bonds. The van der Waals surface area contributed by atoms with Crippen LogP contribution >= 0.6 is 0 Å². The predicted molar refractivity (Wildman–Crippen MR) is 70.7 cm³/mol. The molecule has 1 aliphatic heterocycles. The van der Waals surface area contributed by atoms with Gasteiger partial charge in [0.2, 0.25) is 0 Å². The topological polar surface area (TPSA) is 89.9 Å². The average Bonchev–Trinajstić information content (AvgIpc) is 2.38. The van der Waals surface area contributed by atoms with Gasteiger partial charge in [-0.05, 0) is 24.7 Å². The Labute approximate surface area is 113 Å². The highest BCUT2D eigenvalue weighted by Gasteiger charge is 2.26. The Morgan fingerprint density at radius 1 is 1.42 bits per heavy atom. The molecule has 0 bridgehead atoms. The summed E-state index contributed by atoms with van der Waals surface area (Å²) in [6.07, 6.45) is 1.81. The number of hydrogen-bond donors (Lipinski definition) is 3. The first-order valence-electron chi connectivity index (χ1n) is 6.82. The summed E-state index contributed by atoms with van der Waals surface area (Å²) in [6, 6.07) is -0.231. The molecule has 110 valence electrons. The molecular formula is C13H24N2O4. The van der Waals surface area contributed by atoms with E-state index >= 15 is 0 Å². The first-order valence-corrected chi connectivity index (χ1v) is 6.82. The van der Waals surface area contributed by atoms with Crippen LogP contribution in [0.5, 0.6) is 0 Å². The van der Waals surface area contributed by atoms with Crippen molar-refractivity contribution in [2.45, 2.75) is 26.7 Å². The lowest BCUT2D eigenvalue weighted by molar-refractivity contribution is -0.142. The van der Waals surface area contributed by atoms with Gasteiger partial charge in [-0.3, -0.25) is 4.79 Å². The van der Waals surface area contributed by atoms with Gasteiger partial charge in [0.1, 0.15) is 0 Å². The number of aliphatic carboxylic acids is 1. The van der Waals surface area contributed by atoms with Crippen LogP contribution in [-0.4, -0.2) is 53.4 Å². The minimum atomic E-state index is -0.887. The van der Waals surface area contributed by atoms with Crippen LogP contribution in [0.3, 0.4) is 0 Å². The first-order chi connectivity index (χ1) is 8.95. The molecule has 19 heavy (non-hydrogen) atoms. The van der Waals surface area contributed by atoms with Crippen LogP contribution in [-0.2, 0) is 4.79 Å². The molecule has 0 saturated carbocycles. The highest BCUT2D eigenvalue weighted by molar-refractivity contribution is 5.76. The van der Waals surface area contributed by atoms with Gasteiger partial charge in [-0.15, -0.1) is 0 Å². The average molecular weight is 272 g/mol. The number of aliphatic hydroxyl groups is 1. The lowest BCUT2D eigenvalue weighted by atomic mass is 9.96. The van der Waals surface area contributed by atoms with E-state index in [1.54, 1.807) is 4.90 Å². The molecule has 6 heteroatoms. The zero-order valence-electron chi connectivity index (χ0n) is 11.6. The maximum atomic E-state index is 11.9. The van der Waals surface area contributed by atoms with Gasteiger partial charge in [-0.25, -0.2) is 4.79 Å². The molecule has 0 spiro atoms. The van der Waals surface area contributed by atoms with E-state index in [-0.39, 0.29) is 31.0 Å².